The number of hydrogen-bond acceptors (Lipinski definition) is 5. The summed E-state index contributed by atoms with van der Waals surface area (Å²) < 4.78 is 10.7. The van der Waals surface area contributed by atoms with Crippen molar-refractivity contribution >= 4 is 23.4 Å². The average Bonchev–Trinajstić information content (AvgIpc) is 3.22. The zero-order valence-corrected chi connectivity index (χ0v) is 17.3. The molecule has 0 saturated carbocycles. The number of aryl methyl sites for hydroxylation is 1. The number of methoxy groups -OCH3 is 1. The van der Waals surface area contributed by atoms with E-state index in [1.165, 1.54) is 0 Å². The Morgan fingerprint density at radius 2 is 2.00 bits per heavy atom. The van der Waals surface area contributed by atoms with E-state index in [1.54, 1.807) is 25.4 Å². The maximum atomic E-state index is 12.5. The van der Waals surface area contributed by atoms with Gasteiger partial charge < -0.3 is 19.4 Å². The van der Waals surface area contributed by atoms with Crippen LogP contribution in [0.2, 0.25) is 5.02 Å². The molecule has 0 bridgehead atoms. The molecule has 0 aliphatic carbocycles. The summed E-state index contributed by atoms with van der Waals surface area (Å²) in [5.74, 6) is 1.27. The fourth-order valence-corrected chi connectivity index (χ4v) is 3.48. The Labute approximate surface area is 175 Å². The Morgan fingerprint density at radius 1 is 1.28 bits per heavy atom. The minimum Gasteiger partial charge on any atom is -0.441 e. The number of rotatable bonds is 8. The van der Waals surface area contributed by atoms with E-state index >= 15 is 0 Å². The molecule has 8 heteroatoms. The number of oxazole rings is 1. The molecule has 0 radical (unpaired) electrons. The van der Waals surface area contributed by atoms with Gasteiger partial charge in [0, 0.05) is 56.1 Å². The number of carbonyl (C=O) groups is 2. The lowest BCUT2D eigenvalue weighted by Crippen LogP contribution is -2.43. The predicted octanol–water partition coefficient (Wildman–Crippen LogP) is 2.93. The molecule has 29 heavy (non-hydrogen) atoms. The maximum Gasteiger partial charge on any atom is 0.223 e. The van der Waals surface area contributed by atoms with Crippen LogP contribution in [0.5, 0.6) is 0 Å². The lowest BCUT2D eigenvalue weighted by atomic mass is 9.95. The van der Waals surface area contributed by atoms with Crippen LogP contribution in [0.4, 0.5) is 0 Å². The number of nitrogens with zero attached hydrogens (tertiary/aromatic N) is 2. The number of amides is 2. The third kappa shape index (κ3) is 6.05. The first-order chi connectivity index (χ1) is 14.1. The first-order valence-corrected chi connectivity index (χ1v) is 10.2. The summed E-state index contributed by atoms with van der Waals surface area (Å²) in [7, 11) is 1.60. The highest BCUT2D eigenvalue weighted by Crippen LogP contribution is 2.23. The standard InChI is InChI=1S/C21H26ClN3O4/c1-28-13-10-23-21(27)16-8-11-25(12-9-16)20(26)7-6-19-24-14-18(29-19)15-2-4-17(22)5-3-15/h2-5,14,16H,6-13H2,1H3,(H,23,27). The number of piperidine rings is 1. The largest absolute Gasteiger partial charge is 0.441 e. The number of benzene rings is 1. The number of halogens is 1. The first kappa shape index (κ1) is 21.3. The first-order valence-electron chi connectivity index (χ1n) is 9.82. The molecular formula is C21H26ClN3O4. The summed E-state index contributed by atoms with van der Waals surface area (Å²) >= 11 is 5.90. The fourth-order valence-electron chi connectivity index (χ4n) is 3.36. The summed E-state index contributed by atoms with van der Waals surface area (Å²) in [4.78, 5) is 30.7. The number of ether oxygens (including phenoxy) is 1. The average molecular weight is 420 g/mol. The minimum absolute atomic E-state index is 0.0374. The second-order valence-corrected chi connectivity index (χ2v) is 7.50. The minimum atomic E-state index is -0.0374. The number of carbonyl (C=O) groups excluding carboxylic acids is 2. The molecule has 2 amide bonds. The van der Waals surface area contributed by atoms with Crippen molar-refractivity contribution in [2.45, 2.75) is 25.7 Å². The number of nitrogens with one attached hydrogen (secondary N) is 1. The van der Waals surface area contributed by atoms with E-state index < -0.39 is 0 Å². The van der Waals surface area contributed by atoms with E-state index in [9.17, 15) is 9.59 Å². The monoisotopic (exact) mass is 419 g/mol. The summed E-state index contributed by atoms with van der Waals surface area (Å²) in [6, 6.07) is 7.33. The van der Waals surface area contributed by atoms with Crippen LogP contribution >= 0.6 is 11.6 Å². The molecule has 1 saturated heterocycles. The normalized spacial score (nSPS) is 14.8. The number of hydrogen-bond donors (Lipinski definition) is 1. The van der Waals surface area contributed by atoms with Gasteiger partial charge in [0.05, 0.1) is 12.8 Å². The predicted molar refractivity (Wildman–Crippen MR) is 109 cm³/mol. The van der Waals surface area contributed by atoms with Crippen LogP contribution in [0.3, 0.4) is 0 Å². The molecule has 1 aromatic carbocycles. The van der Waals surface area contributed by atoms with Crippen molar-refractivity contribution in [3.05, 3.63) is 41.4 Å². The van der Waals surface area contributed by atoms with Crippen molar-refractivity contribution in [2.24, 2.45) is 5.92 Å². The van der Waals surface area contributed by atoms with Crippen molar-refractivity contribution in [3.63, 3.8) is 0 Å². The third-order valence-corrected chi connectivity index (χ3v) is 5.31. The van der Waals surface area contributed by atoms with Gasteiger partial charge in [-0.25, -0.2) is 4.98 Å². The molecule has 1 aliphatic heterocycles. The van der Waals surface area contributed by atoms with Crippen molar-refractivity contribution in [1.29, 1.82) is 0 Å². The smallest absolute Gasteiger partial charge is 0.223 e. The quantitative estimate of drug-likeness (QED) is 0.665. The molecule has 1 aromatic heterocycles. The highest BCUT2D eigenvalue weighted by atomic mass is 35.5. The van der Waals surface area contributed by atoms with Crippen LogP contribution in [0, 0.1) is 5.92 Å². The van der Waals surface area contributed by atoms with Gasteiger partial charge in [-0.3, -0.25) is 9.59 Å². The molecule has 1 aliphatic rings. The van der Waals surface area contributed by atoms with Gasteiger partial charge in [0.1, 0.15) is 0 Å². The Kier molecular flexibility index (Phi) is 7.66. The Balaban J connectivity index is 1.42. The van der Waals surface area contributed by atoms with Gasteiger partial charge >= 0.3 is 0 Å². The number of likely N-dealkylation sites (tertiary alicyclic amines) is 1. The van der Waals surface area contributed by atoms with E-state index in [4.69, 9.17) is 20.8 Å². The summed E-state index contributed by atoms with van der Waals surface area (Å²) in [6.45, 7) is 2.22. The van der Waals surface area contributed by atoms with E-state index in [0.717, 1.165) is 5.56 Å². The third-order valence-electron chi connectivity index (χ3n) is 5.06. The molecule has 2 aromatic rings. The van der Waals surface area contributed by atoms with Gasteiger partial charge in [0.15, 0.2) is 11.7 Å². The SMILES string of the molecule is COCCNC(=O)C1CCN(C(=O)CCc2ncc(-c3ccc(Cl)cc3)o2)CC1. The maximum absolute atomic E-state index is 12.5. The summed E-state index contributed by atoms with van der Waals surface area (Å²) in [6.07, 6.45) is 3.82. The van der Waals surface area contributed by atoms with Crippen molar-refractivity contribution < 1.29 is 18.7 Å². The Bertz CT molecular complexity index is 814. The molecule has 156 valence electrons. The van der Waals surface area contributed by atoms with E-state index in [1.807, 2.05) is 17.0 Å². The van der Waals surface area contributed by atoms with Crippen LogP contribution in [-0.4, -0.2) is 55.0 Å². The van der Waals surface area contributed by atoms with Gasteiger partial charge in [0.25, 0.3) is 0 Å². The second-order valence-electron chi connectivity index (χ2n) is 7.06. The van der Waals surface area contributed by atoms with Crippen LogP contribution in [-0.2, 0) is 20.7 Å². The number of aromatic nitrogens is 1. The lowest BCUT2D eigenvalue weighted by molar-refractivity contribution is -0.135. The van der Waals surface area contributed by atoms with E-state index in [2.05, 4.69) is 10.3 Å². The lowest BCUT2D eigenvalue weighted by Gasteiger charge is -2.31. The van der Waals surface area contributed by atoms with Gasteiger partial charge in [-0.15, -0.1) is 0 Å². The van der Waals surface area contributed by atoms with Crippen molar-refractivity contribution in [1.82, 2.24) is 15.2 Å². The molecule has 1 N–H and O–H groups in total. The highest BCUT2D eigenvalue weighted by Gasteiger charge is 2.27. The Hall–Kier alpha value is -2.38. The molecule has 2 heterocycles. The molecular weight excluding hydrogens is 394 g/mol. The van der Waals surface area contributed by atoms with E-state index in [-0.39, 0.29) is 17.7 Å². The second kappa shape index (κ2) is 10.4. The van der Waals surface area contributed by atoms with Gasteiger partial charge in [-0.1, -0.05) is 11.6 Å². The van der Waals surface area contributed by atoms with Crippen LogP contribution in [0.15, 0.2) is 34.9 Å². The summed E-state index contributed by atoms with van der Waals surface area (Å²) in [5.41, 5.74) is 0.894. The van der Waals surface area contributed by atoms with Gasteiger partial charge in [-0.05, 0) is 37.1 Å². The van der Waals surface area contributed by atoms with Crippen molar-refractivity contribution in [3.8, 4) is 11.3 Å². The molecule has 0 atom stereocenters. The van der Waals surface area contributed by atoms with Crippen LogP contribution < -0.4 is 5.32 Å². The van der Waals surface area contributed by atoms with Gasteiger partial charge in [0.2, 0.25) is 11.8 Å². The summed E-state index contributed by atoms with van der Waals surface area (Å²) in [5, 5.41) is 3.53. The van der Waals surface area contributed by atoms with Crippen LogP contribution in [0.1, 0.15) is 25.2 Å². The highest BCUT2D eigenvalue weighted by molar-refractivity contribution is 6.30. The zero-order valence-electron chi connectivity index (χ0n) is 16.5. The van der Waals surface area contributed by atoms with E-state index in [0.29, 0.717) is 68.6 Å². The topological polar surface area (TPSA) is 84.7 Å². The van der Waals surface area contributed by atoms with Gasteiger partial charge in [-0.2, -0.15) is 0 Å². The molecule has 0 spiro atoms. The fraction of sp³-hybridized carbons (Fsp3) is 0.476. The van der Waals surface area contributed by atoms with Crippen molar-refractivity contribution in [2.75, 3.05) is 33.4 Å². The Morgan fingerprint density at radius 3 is 2.69 bits per heavy atom. The molecule has 1 fully saturated rings. The zero-order chi connectivity index (χ0) is 20.6. The molecule has 0 unspecified atom stereocenters. The molecule has 7 nitrogen and oxygen atoms in total. The van der Waals surface area contributed by atoms with Crippen LogP contribution in [0.25, 0.3) is 11.3 Å². The molecule has 3 rings (SSSR count).